The van der Waals surface area contributed by atoms with Gasteiger partial charge in [-0.15, -0.1) is 21.5 Å². The monoisotopic (exact) mass is 348 g/mol. The van der Waals surface area contributed by atoms with Crippen molar-refractivity contribution >= 4 is 28.6 Å². The topological polar surface area (TPSA) is 68.5 Å². The van der Waals surface area contributed by atoms with E-state index in [1.54, 1.807) is 11.0 Å². The Morgan fingerprint density at radius 3 is 2.61 bits per heavy atom. The van der Waals surface area contributed by atoms with Crippen molar-refractivity contribution in [2.75, 3.05) is 5.32 Å². The molecule has 3 aromatic heterocycles. The smallest absolute Gasteiger partial charge is 0.193 e. The van der Waals surface area contributed by atoms with Crippen LogP contribution in [0.15, 0.2) is 30.5 Å². The van der Waals surface area contributed by atoms with Crippen LogP contribution in [0, 0.1) is 0 Å². The Balaban J connectivity index is 1.64. The Hall–Kier alpha value is -1.99. The molecule has 0 aromatic carbocycles. The molecule has 8 heteroatoms. The van der Waals surface area contributed by atoms with E-state index in [-0.39, 0.29) is 5.54 Å². The van der Waals surface area contributed by atoms with Crippen molar-refractivity contribution in [3.63, 3.8) is 0 Å². The standard InChI is InChI=1S/C15H17ClN6S/c1-15(2,3)22-20-14(19-21-22)9-17-10-4-5-11(18-8-10)12-6-7-13(16)23-12/h4-8,17H,9H2,1-3H3. The van der Waals surface area contributed by atoms with Crippen molar-refractivity contribution in [3.8, 4) is 10.6 Å². The summed E-state index contributed by atoms with van der Waals surface area (Å²) < 4.78 is 0.761. The second-order valence-electron chi connectivity index (χ2n) is 6.06. The molecule has 0 fully saturated rings. The minimum atomic E-state index is -0.170. The van der Waals surface area contributed by atoms with Gasteiger partial charge in [-0.1, -0.05) is 11.6 Å². The number of tetrazole rings is 1. The summed E-state index contributed by atoms with van der Waals surface area (Å²) in [6.45, 7) is 6.60. The van der Waals surface area contributed by atoms with Crippen LogP contribution in [-0.2, 0) is 12.1 Å². The number of hydrogen-bond acceptors (Lipinski definition) is 6. The number of aromatic nitrogens is 5. The third-order valence-electron chi connectivity index (χ3n) is 3.09. The lowest BCUT2D eigenvalue weighted by Gasteiger charge is -2.15. The zero-order valence-corrected chi connectivity index (χ0v) is 14.7. The average molecular weight is 349 g/mol. The minimum absolute atomic E-state index is 0.170. The molecule has 0 amide bonds. The Morgan fingerprint density at radius 2 is 2.04 bits per heavy atom. The van der Waals surface area contributed by atoms with Gasteiger partial charge in [0.05, 0.1) is 38.9 Å². The molecule has 23 heavy (non-hydrogen) atoms. The molecule has 0 aliphatic heterocycles. The SMILES string of the molecule is CC(C)(C)n1nnc(CNc2ccc(-c3ccc(Cl)s3)nc2)n1. The maximum atomic E-state index is 5.95. The second-order valence-corrected chi connectivity index (χ2v) is 7.77. The zero-order chi connectivity index (χ0) is 16.4. The van der Waals surface area contributed by atoms with E-state index < -0.39 is 0 Å². The third kappa shape index (κ3) is 3.86. The van der Waals surface area contributed by atoms with E-state index in [0.717, 1.165) is 20.6 Å². The van der Waals surface area contributed by atoms with E-state index in [1.165, 1.54) is 11.3 Å². The van der Waals surface area contributed by atoms with Crippen LogP contribution in [0.3, 0.4) is 0 Å². The van der Waals surface area contributed by atoms with Gasteiger partial charge in [-0.25, -0.2) is 0 Å². The fourth-order valence-electron chi connectivity index (χ4n) is 1.88. The van der Waals surface area contributed by atoms with Crippen molar-refractivity contribution < 1.29 is 0 Å². The summed E-state index contributed by atoms with van der Waals surface area (Å²) in [4.78, 5) is 7.12. The Kier molecular flexibility index (Phi) is 4.32. The van der Waals surface area contributed by atoms with Crippen LogP contribution in [0.2, 0.25) is 4.34 Å². The minimum Gasteiger partial charge on any atom is -0.376 e. The summed E-state index contributed by atoms with van der Waals surface area (Å²) in [5.74, 6) is 0.647. The molecule has 0 saturated carbocycles. The number of thiophene rings is 1. The summed E-state index contributed by atoms with van der Waals surface area (Å²) in [6.07, 6.45) is 1.79. The van der Waals surface area contributed by atoms with Gasteiger partial charge in [-0.05, 0) is 50.3 Å². The lowest BCUT2D eigenvalue weighted by atomic mass is 10.1. The van der Waals surface area contributed by atoms with E-state index in [1.807, 2.05) is 45.0 Å². The molecule has 0 bridgehead atoms. The fraction of sp³-hybridized carbons (Fsp3) is 0.333. The van der Waals surface area contributed by atoms with E-state index in [2.05, 4.69) is 25.7 Å². The number of nitrogens with one attached hydrogen (secondary N) is 1. The summed E-state index contributed by atoms with van der Waals surface area (Å²) in [5, 5.41) is 15.7. The molecule has 3 rings (SSSR count). The van der Waals surface area contributed by atoms with Gasteiger partial charge in [0.2, 0.25) is 0 Å². The fourth-order valence-corrected chi connectivity index (χ4v) is 2.90. The molecule has 3 heterocycles. The first-order valence-corrected chi connectivity index (χ1v) is 8.36. The molecular weight excluding hydrogens is 332 g/mol. The summed E-state index contributed by atoms with van der Waals surface area (Å²) in [7, 11) is 0. The highest BCUT2D eigenvalue weighted by molar-refractivity contribution is 7.19. The lowest BCUT2D eigenvalue weighted by molar-refractivity contribution is 0.305. The van der Waals surface area contributed by atoms with Crippen LogP contribution in [0.1, 0.15) is 26.6 Å². The first-order valence-electron chi connectivity index (χ1n) is 7.17. The van der Waals surface area contributed by atoms with Gasteiger partial charge in [0, 0.05) is 0 Å². The molecule has 0 unspecified atom stereocenters. The van der Waals surface area contributed by atoms with Gasteiger partial charge >= 0.3 is 0 Å². The van der Waals surface area contributed by atoms with Crippen LogP contribution in [0.5, 0.6) is 0 Å². The molecule has 6 nitrogen and oxygen atoms in total. The Labute approximate surface area is 143 Å². The van der Waals surface area contributed by atoms with Gasteiger partial charge in [0.15, 0.2) is 5.82 Å². The molecule has 0 radical (unpaired) electrons. The average Bonchev–Trinajstić information content (AvgIpc) is 3.14. The van der Waals surface area contributed by atoms with Crippen LogP contribution >= 0.6 is 22.9 Å². The molecule has 0 saturated heterocycles. The van der Waals surface area contributed by atoms with Crippen LogP contribution in [0.25, 0.3) is 10.6 Å². The predicted octanol–water partition coefficient (Wildman–Crippen LogP) is 3.82. The maximum Gasteiger partial charge on any atom is 0.193 e. The molecule has 0 aliphatic carbocycles. The number of hydrogen-bond donors (Lipinski definition) is 1. The van der Waals surface area contributed by atoms with Gasteiger partial charge in [0.1, 0.15) is 0 Å². The number of pyridine rings is 1. The van der Waals surface area contributed by atoms with Gasteiger partial charge in [-0.2, -0.15) is 4.80 Å². The molecule has 1 N–H and O–H groups in total. The summed E-state index contributed by atoms with van der Waals surface area (Å²) >= 11 is 7.46. The Bertz CT molecular complexity index is 787. The number of anilines is 1. The lowest BCUT2D eigenvalue weighted by Crippen LogP contribution is -2.24. The van der Waals surface area contributed by atoms with Gasteiger partial charge in [-0.3, -0.25) is 4.98 Å². The first-order chi connectivity index (χ1) is 10.9. The van der Waals surface area contributed by atoms with Crippen LogP contribution < -0.4 is 5.32 Å². The quantitative estimate of drug-likeness (QED) is 0.776. The van der Waals surface area contributed by atoms with Crippen LogP contribution in [-0.4, -0.2) is 25.2 Å². The van der Waals surface area contributed by atoms with Gasteiger partial charge < -0.3 is 5.32 Å². The Morgan fingerprint density at radius 1 is 1.22 bits per heavy atom. The van der Waals surface area contributed by atoms with Gasteiger partial charge in [0.25, 0.3) is 0 Å². The molecule has 0 aliphatic rings. The van der Waals surface area contributed by atoms with Crippen molar-refractivity contribution in [2.45, 2.75) is 32.9 Å². The second kappa shape index (κ2) is 6.25. The van der Waals surface area contributed by atoms with Crippen molar-refractivity contribution in [1.29, 1.82) is 0 Å². The maximum absolute atomic E-state index is 5.95. The first kappa shape index (κ1) is 15.9. The zero-order valence-electron chi connectivity index (χ0n) is 13.1. The van der Waals surface area contributed by atoms with Crippen molar-refractivity contribution in [1.82, 2.24) is 25.2 Å². The molecule has 0 atom stereocenters. The van der Waals surface area contributed by atoms with Crippen molar-refractivity contribution in [2.24, 2.45) is 0 Å². The van der Waals surface area contributed by atoms with E-state index in [9.17, 15) is 0 Å². The largest absolute Gasteiger partial charge is 0.376 e. The molecule has 120 valence electrons. The highest BCUT2D eigenvalue weighted by atomic mass is 35.5. The highest BCUT2D eigenvalue weighted by Gasteiger charge is 2.16. The number of nitrogens with zero attached hydrogens (tertiary/aromatic N) is 5. The van der Waals surface area contributed by atoms with Crippen molar-refractivity contribution in [3.05, 3.63) is 40.6 Å². The third-order valence-corrected chi connectivity index (χ3v) is 4.35. The summed E-state index contributed by atoms with van der Waals surface area (Å²) in [6, 6.07) is 7.78. The van der Waals surface area contributed by atoms with E-state index >= 15 is 0 Å². The van der Waals surface area contributed by atoms with E-state index in [4.69, 9.17) is 11.6 Å². The normalized spacial score (nSPS) is 11.7. The molecular formula is C15H17ClN6S. The van der Waals surface area contributed by atoms with E-state index in [0.29, 0.717) is 12.4 Å². The highest BCUT2D eigenvalue weighted by Crippen LogP contribution is 2.29. The molecule has 0 spiro atoms. The number of halogens is 1. The van der Waals surface area contributed by atoms with Crippen LogP contribution in [0.4, 0.5) is 5.69 Å². The molecule has 3 aromatic rings. The predicted molar refractivity (Wildman–Crippen MR) is 92.7 cm³/mol. The summed E-state index contributed by atoms with van der Waals surface area (Å²) in [5.41, 5.74) is 1.64. The number of rotatable bonds is 4.